The smallest absolute Gasteiger partial charge is 0.303 e. The molecule has 0 fully saturated rings. The predicted octanol–water partition coefficient (Wildman–Crippen LogP) is 4.33. The lowest BCUT2D eigenvalue weighted by Gasteiger charge is -2.18. The van der Waals surface area contributed by atoms with Gasteiger partial charge in [0, 0.05) is 12.3 Å². The zero-order valence-electron chi connectivity index (χ0n) is 15.8. The number of unbranched alkanes of at least 4 members (excludes halogenated alkanes) is 1. The lowest BCUT2D eigenvalue weighted by atomic mass is 9.86. The van der Waals surface area contributed by atoms with Crippen LogP contribution in [-0.2, 0) is 16.0 Å². The van der Waals surface area contributed by atoms with Crippen LogP contribution in [0.25, 0.3) is 0 Å². The first-order chi connectivity index (χ1) is 13.1. The lowest BCUT2D eigenvalue weighted by molar-refractivity contribution is -0.137. The Hall–Kier alpha value is -2.20. The Morgan fingerprint density at radius 2 is 1.93 bits per heavy atom. The third-order valence-corrected chi connectivity index (χ3v) is 5.15. The second-order valence-corrected chi connectivity index (χ2v) is 7.28. The Morgan fingerprint density at radius 3 is 2.67 bits per heavy atom. The van der Waals surface area contributed by atoms with E-state index < -0.39 is 5.97 Å². The molecule has 2 N–H and O–H groups in total. The van der Waals surface area contributed by atoms with Crippen LogP contribution in [-0.4, -0.2) is 28.1 Å². The fraction of sp³-hybridized carbons (Fsp3) is 0.478. The minimum atomic E-state index is -0.774. The van der Waals surface area contributed by atoms with Crippen molar-refractivity contribution in [1.82, 2.24) is 0 Å². The number of benzene rings is 1. The van der Waals surface area contributed by atoms with E-state index in [0.717, 1.165) is 25.7 Å². The van der Waals surface area contributed by atoms with E-state index in [1.54, 1.807) is 6.08 Å². The summed E-state index contributed by atoms with van der Waals surface area (Å²) in [7, 11) is 0. The maximum Gasteiger partial charge on any atom is 0.303 e. The number of carboxylic acid groups (broad SMARTS) is 1. The number of ketones is 1. The molecule has 4 heteroatoms. The number of carbonyl (C=O) groups is 2. The molecule has 0 saturated heterocycles. The molecule has 27 heavy (non-hydrogen) atoms. The van der Waals surface area contributed by atoms with Gasteiger partial charge in [-0.05, 0) is 62.5 Å². The van der Waals surface area contributed by atoms with Crippen molar-refractivity contribution < 1.29 is 19.8 Å². The van der Waals surface area contributed by atoms with E-state index in [1.165, 1.54) is 5.56 Å². The van der Waals surface area contributed by atoms with Crippen LogP contribution < -0.4 is 0 Å². The van der Waals surface area contributed by atoms with E-state index >= 15 is 0 Å². The highest BCUT2D eigenvalue weighted by Gasteiger charge is 2.29. The van der Waals surface area contributed by atoms with Crippen LogP contribution in [0.3, 0.4) is 0 Å². The van der Waals surface area contributed by atoms with Crippen molar-refractivity contribution in [3.63, 3.8) is 0 Å². The molecule has 1 aromatic rings. The molecule has 1 aromatic carbocycles. The number of hydrogen-bond donors (Lipinski definition) is 2. The third kappa shape index (κ3) is 7.92. The van der Waals surface area contributed by atoms with Crippen LogP contribution in [0.15, 0.2) is 54.6 Å². The Balaban J connectivity index is 1.69. The highest BCUT2D eigenvalue weighted by Crippen LogP contribution is 2.30. The number of hydrogen-bond acceptors (Lipinski definition) is 3. The number of allylic oxidation sites excluding steroid dienone is 4. The molecule has 1 aliphatic carbocycles. The first kappa shape index (κ1) is 21.1. The normalized spacial score (nSPS) is 20.4. The average molecular weight is 370 g/mol. The average Bonchev–Trinajstić information content (AvgIpc) is 3.01. The number of carbonyl (C=O) groups excluding carboxylic acids is 1. The van der Waals surface area contributed by atoms with Crippen LogP contribution in [0.1, 0.15) is 50.5 Å². The fourth-order valence-electron chi connectivity index (χ4n) is 3.51. The minimum Gasteiger partial charge on any atom is -0.481 e. The van der Waals surface area contributed by atoms with Gasteiger partial charge in [-0.2, -0.15) is 0 Å². The van der Waals surface area contributed by atoms with Gasteiger partial charge in [0.05, 0.1) is 6.10 Å². The molecule has 0 spiro atoms. The maximum absolute atomic E-state index is 12.1. The number of rotatable bonds is 12. The molecule has 1 aliphatic rings. The molecular formula is C23H30O4. The van der Waals surface area contributed by atoms with Gasteiger partial charge in [0.2, 0.25) is 0 Å². The molecule has 0 bridgehead atoms. The summed E-state index contributed by atoms with van der Waals surface area (Å²) >= 11 is 0. The molecule has 0 unspecified atom stereocenters. The summed E-state index contributed by atoms with van der Waals surface area (Å²) in [5, 5.41) is 18.9. The van der Waals surface area contributed by atoms with Crippen LogP contribution in [0, 0.1) is 11.8 Å². The molecule has 3 atom stereocenters. The maximum atomic E-state index is 12.1. The monoisotopic (exact) mass is 370 g/mol. The first-order valence-electron chi connectivity index (χ1n) is 9.87. The number of aryl methyl sites for hydroxylation is 1. The number of carboxylic acids is 1. The molecule has 146 valence electrons. The summed E-state index contributed by atoms with van der Waals surface area (Å²) in [6.07, 6.45) is 12.6. The van der Waals surface area contributed by atoms with Crippen molar-refractivity contribution in [2.75, 3.05) is 0 Å². The van der Waals surface area contributed by atoms with E-state index in [2.05, 4.69) is 12.1 Å². The highest BCUT2D eigenvalue weighted by molar-refractivity contribution is 5.94. The lowest BCUT2D eigenvalue weighted by Crippen LogP contribution is -2.17. The second kappa shape index (κ2) is 11.5. The van der Waals surface area contributed by atoms with Crippen LogP contribution in [0.2, 0.25) is 0 Å². The molecule has 0 aliphatic heterocycles. The van der Waals surface area contributed by atoms with E-state index in [1.807, 2.05) is 36.4 Å². The summed E-state index contributed by atoms with van der Waals surface area (Å²) < 4.78 is 0. The van der Waals surface area contributed by atoms with Crippen LogP contribution >= 0.6 is 0 Å². The number of aliphatic carboxylic acids is 1. The summed E-state index contributed by atoms with van der Waals surface area (Å²) in [6.45, 7) is 0. The topological polar surface area (TPSA) is 74.6 Å². The quantitative estimate of drug-likeness (QED) is 0.424. The standard InChI is InChI=1S/C23H30O4/c24-20(15-12-18-8-4-3-5-9-18)16-13-19-14-17-22(25)21(19)10-6-1-2-7-11-23(26)27/h1,3-6,8-9,14,17,19-21,24H,2,7,10-13,15-16H2,(H,26,27)/b6-1+/t19-,20-,21+/m0/s1. The van der Waals surface area contributed by atoms with E-state index in [9.17, 15) is 14.7 Å². The fourth-order valence-corrected chi connectivity index (χ4v) is 3.51. The SMILES string of the molecule is O=C(O)CCC/C=C/C[C@H]1C(=O)C=C[C@@H]1CC[C@@H](O)CCc1ccccc1. The minimum absolute atomic E-state index is 0.0398. The summed E-state index contributed by atoms with van der Waals surface area (Å²) in [5.41, 5.74) is 1.23. The van der Waals surface area contributed by atoms with Crippen molar-refractivity contribution in [3.8, 4) is 0 Å². The summed E-state index contributed by atoms with van der Waals surface area (Å²) in [4.78, 5) is 22.6. The largest absolute Gasteiger partial charge is 0.481 e. The van der Waals surface area contributed by atoms with Crippen molar-refractivity contribution in [2.45, 2.75) is 57.5 Å². The van der Waals surface area contributed by atoms with Gasteiger partial charge in [-0.15, -0.1) is 0 Å². The van der Waals surface area contributed by atoms with Crippen molar-refractivity contribution in [2.24, 2.45) is 11.8 Å². The van der Waals surface area contributed by atoms with E-state index in [0.29, 0.717) is 19.3 Å². The van der Waals surface area contributed by atoms with Crippen molar-refractivity contribution >= 4 is 11.8 Å². The second-order valence-electron chi connectivity index (χ2n) is 7.28. The van der Waals surface area contributed by atoms with Gasteiger partial charge in [-0.1, -0.05) is 48.6 Å². The molecule has 0 radical (unpaired) electrons. The predicted molar refractivity (Wildman–Crippen MR) is 106 cm³/mol. The Bertz CT molecular complexity index is 648. The first-order valence-corrected chi connectivity index (χ1v) is 9.87. The van der Waals surface area contributed by atoms with Crippen molar-refractivity contribution in [3.05, 3.63) is 60.2 Å². The summed E-state index contributed by atoms with van der Waals surface area (Å²) in [5.74, 6) is -0.465. The van der Waals surface area contributed by atoms with Gasteiger partial charge < -0.3 is 10.2 Å². The molecule has 0 amide bonds. The zero-order valence-corrected chi connectivity index (χ0v) is 15.8. The van der Waals surface area contributed by atoms with E-state index in [4.69, 9.17) is 5.11 Å². The molecule has 0 aromatic heterocycles. The Labute approximate surface area is 161 Å². The summed E-state index contributed by atoms with van der Waals surface area (Å²) in [6, 6.07) is 10.2. The van der Waals surface area contributed by atoms with Crippen molar-refractivity contribution in [1.29, 1.82) is 0 Å². The van der Waals surface area contributed by atoms with Gasteiger partial charge in [-0.25, -0.2) is 0 Å². The molecule has 0 heterocycles. The van der Waals surface area contributed by atoms with Crippen LogP contribution in [0.4, 0.5) is 0 Å². The van der Waals surface area contributed by atoms with Gasteiger partial charge in [-0.3, -0.25) is 9.59 Å². The molecular weight excluding hydrogens is 340 g/mol. The highest BCUT2D eigenvalue weighted by atomic mass is 16.4. The zero-order chi connectivity index (χ0) is 19.5. The van der Waals surface area contributed by atoms with Gasteiger partial charge in [0.15, 0.2) is 5.78 Å². The molecule has 4 nitrogen and oxygen atoms in total. The number of aliphatic hydroxyl groups is 1. The number of aliphatic hydroxyl groups excluding tert-OH is 1. The van der Waals surface area contributed by atoms with Crippen LogP contribution in [0.5, 0.6) is 0 Å². The molecule has 2 rings (SSSR count). The van der Waals surface area contributed by atoms with E-state index in [-0.39, 0.29) is 30.1 Å². The molecule has 0 saturated carbocycles. The van der Waals surface area contributed by atoms with Gasteiger partial charge in [0.1, 0.15) is 0 Å². The third-order valence-electron chi connectivity index (χ3n) is 5.15. The van der Waals surface area contributed by atoms with Gasteiger partial charge >= 0.3 is 5.97 Å². The van der Waals surface area contributed by atoms with Gasteiger partial charge in [0.25, 0.3) is 0 Å². The Kier molecular flexibility index (Phi) is 8.99. The Morgan fingerprint density at radius 1 is 1.15 bits per heavy atom.